The molecule has 1 aromatic carbocycles. The fourth-order valence-electron chi connectivity index (χ4n) is 2.74. The van der Waals surface area contributed by atoms with Gasteiger partial charge < -0.3 is 4.74 Å². The first-order chi connectivity index (χ1) is 12.1. The van der Waals surface area contributed by atoms with Crippen LogP contribution in [0.15, 0.2) is 18.2 Å². The third kappa shape index (κ3) is 7.62. The van der Waals surface area contributed by atoms with Crippen molar-refractivity contribution in [2.45, 2.75) is 65.8 Å². The maximum absolute atomic E-state index is 13.9. The first kappa shape index (κ1) is 21.2. The Morgan fingerprint density at radius 3 is 2.58 bits per heavy atom. The predicted octanol–water partition coefficient (Wildman–Crippen LogP) is 4.81. The van der Waals surface area contributed by atoms with Crippen molar-refractivity contribution in [2.75, 3.05) is 12.4 Å². The van der Waals surface area contributed by atoms with Crippen molar-refractivity contribution in [3.63, 3.8) is 0 Å². The number of unbranched alkanes of at least 4 members (excludes halogenated alkanes) is 1. The smallest absolute Gasteiger partial charge is 0.212 e. The van der Waals surface area contributed by atoms with Gasteiger partial charge >= 0.3 is 0 Å². The molecule has 0 aliphatic heterocycles. The lowest BCUT2D eigenvalue weighted by Gasteiger charge is -2.18. The number of ether oxygens (including phenoxy) is 1. The molecular weight excluding hydrogens is 353 g/mol. The molecule has 0 radical (unpaired) electrons. The van der Waals surface area contributed by atoms with E-state index in [1.807, 2.05) is 0 Å². The highest BCUT2D eigenvalue weighted by Gasteiger charge is 2.23. The Hall–Kier alpha value is -1.14. The molecule has 1 saturated carbocycles. The largest absolute Gasteiger partial charge is 0.490 e. The van der Waals surface area contributed by atoms with Crippen LogP contribution < -0.4 is 9.46 Å². The summed E-state index contributed by atoms with van der Waals surface area (Å²) in [4.78, 5) is 0. The fraction of sp³-hybridized carbons (Fsp3) is 0.700. The quantitative estimate of drug-likeness (QED) is 0.588. The normalized spacial score (nSPS) is 16.5. The monoisotopic (exact) mass is 385 g/mol. The first-order valence-electron chi connectivity index (χ1n) is 9.48. The lowest BCUT2D eigenvalue weighted by molar-refractivity contribution is 0.285. The Balaban J connectivity index is 1.88. The molecule has 0 aromatic heterocycles. The van der Waals surface area contributed by atoms with Gasteiger partial charge in [-0.05, 0) is 61.6 Å². The number of sulfonamides is 1. The van der Waals surface area contributed by atoms with Crippen LogP contribution in [-0.2, 0) is 10.0 Å². The molecule has 1 unspecified atom stereocenters. The number of benzene rings is 1. The highest BCUT2D eigenvalue weighted by atomic mass is 32.2. The molecule has 148 valence electrons. The van der Waals surface area contributed by atoms with E-state index >= 15 is 0 Å². The van der Waals surface area contributed by atoms with Gasteiger partial charge in [-0.2, -0.15) is 0 Å². The molecule has 0 amide bonds. The number of hydrogen-bond acceptors (Lipinski definition) is 3. The fourth-order valence-corrected chi connectivity index (χ4v) is 4.11. The summed E-state index contributed by atoms with van der Waals surface area (Å²) < 4.78 is 46.7. The second kappa shape index (κ2) is 8.70. The molecule has 1 aliphatic carbocycles. The van der Waals surface area contributed by atoms with E-state index in [9.17, 15) is 12.8 Å². The molecule has 1 fully saturated rings. The molecule has 0 bridgehead atoms. The van der Waals surface area contributed by atoms with Crippen LogP contribution in [0.3, 0.4) is 0 Å². The third-order valence-corrected chi connectivity index (χ3v) is 6.11. The van der Waals surface area contributed by atoms with E-state index in [1.54, 1.807) is 19.1 Å². The van der Waals surface area contributed by atoms with Gasteiger partial charge in [0.1, 0.15) is 0 Å². The van der Waals surface area contributed by atoms with Gasteiger partial charge in [-0.1, -0.05) is 33.3 Å². The minimum atomic E-state index is -3.37. The van der Waals surface area contributed by atoms with Crippen molar-refractivity contribution in [1.29, 1.82) is 0 Å². The average Bonchev–Trinajstić information content (AvgIpc) is 3.34. The summed E-state index contributed by atoms with van der Waals surface area (Å²) in [5.41, 5.74) is 0.922. The van der Waals surface area contributed by atoms with Crippen molar-refractivity contribution in [3.05, 3.63) is 29.6 Å². The second-order valence-corrected chi connectivity index (χ2v) is 10.5. The number of nitrogens with one attached hydrogen (secondary N) is 1. The first-order valence-corrected chi connectivity index (χ1v) is 11.1. The summed E-state index contributed by atoms with van der Waals surface area (Å²) in [6.45, 7) is 8.75. The van der Waals surface area contributed by atoms with Gasteiger partial charge in [0.15, 0.2) is 11.6 Å². The molecule has 26 heavy (non-hydrogen) atoms. The van der Waals surface area contributed by atoms with E-state index < -0.39 is 21.9 Å². The predicted molar refractivity (Wildman–Crippen MR) is 103 cm³/mol. The zero-order valence-electron chi connectivity index (χ0n) is 16.3. The lowest BCUT2D eigenvalue weighted by Crippen LogP contribution is -2.29. The number of halogens is 1. The highest BCUT2D eigenvalue weighted by Crippen LogP contribution is 2.31. The third-order valence-electron chi connectivity index (χ3n) is 4.57. The van der Waals surface area contributed by atoms with Crippen LogP contribution in [0.1, 0.15) is 71.4 Å². The SMILES string of the molecule is CC(NS(=O)(=O)CCCCC(C)(C)C)c1ccc(F)c(OCC2CC2)c1. The molecule has 4 nitrogen and oxygen atoms in total. The van der Waals surface area contributed by atoms with Gasteiger partial charge in [0, 0.05) is 6.04 Å². The van der Waals surface area contributed by atoms with Crippen molar-refractivity contribution in [3.8, 4) is 5.75 Å². The molecule has 6 heteroatoms. The minimum absolute atomic E-state index is 0.111. The van der Waals surface area contributed by atoms with Gasteiger partial charge in [0.2, 0.25) is 10.0 Å². The number of rotatable bonds is 10. The molecule has 0 spiro atoms. The zero-order valence-corrected chi connectivity index (χ0v) is 17.2. The van der Waals surface area contributed by atoms with Crippen LogP contribution in [0.4, 0.5) is 4.39 Å². The topological polar surface area (TPSA) is 55.4 Å². The minimum Gasteiger partial charge on any atom is -0.490 e. The molecule has 1 N–H and O–H groups in total. The van der Waals surface area contributed by atoms with Crippen LogP contribution in [-0.4, -0.2) is 20.8 Å². The average molecular weight is 386 g/mol. The van der Waals surface area contributed by atoms with Crippen LogP contribution in [0.5, 0.6) is 5.75 Å². The van der Waals surface area contributed by atoms with E-state index in [0.29, 0.717) is 24.5 Å². The van der Waals surface area contributed by atoms with E-state index in [4.69, 9.17) is 4.74 Å². The zero-order chi connectivity index (χ0) is 19.4. The molecular formula is C20H32FNO3S. The molecule has 2 rings (SSSR count). The highest BCUT2D eigenvalue weighted by molar-refractivity contribution is 7.89. The van der Waals surface area contributed by atoms with Gasteiger partial charge in [-0.3, -0.25) is 0 Å². The van der Waals surface area contributed by atoms with Crippen LogP contribution in [0.25, 0.3) is 0 Å². The van der Waals surface area contributed by atoms with E-state index in [1.165, 1.54) is 6.07 Å². The van der Waals surface area contributed by atoms with E-state index in [-0.39, 0.29) is 16.9 Å². The molecule has 0 heterocycles. The standard InChI is InChI=1S/C20H32FNO3S/c1-15(22-26(23,24)12-6-5-11-20(2,3)4)17-9-10-18(21)19(13-17)25-14-16-7-8-16/h9-10,13,15-16,22H,5-8,11-12,14H2,1-4H3. The Kier molecular flexibility index (Phi) is 7.08. The van der Waals surface area contributed by atoms with E-state index in [2.05, 4.69) is 25.5 Å². The Labute approximate surface area is 157 Å². The molecule has 0 saturated heterocycles. The summed E-state index contributed by atoms with van der Waals surface area (Å²) in [5, 5.41) is 0. The Bertz CT molecular complexity index is 693. The molecule has 1 atom stereocenters. The van der Waals surface area contributed by atoms with Crippen molar-refractivity contribution in [2.24, 2.45) is 11.3 Å². The second-order valence-electron chi connectivity index (χ2n) is 8.62. The molecule has 1 aliphatic rings. The Morgan fingerprint density at radius 2 is 1.96 bits per heavy atom. The van der Waals surface area contributed by atoms with Crippen LogP contribution in [0.2, 0.25) is 0 Å². The van der Waals surface area contributed by atoms with Gasteiger partial charge in [-0.15, -0.1) is 0 Å². The van der Waals surface area contributed by atoms with E-state index in [0.717, 1.165) is 25.7 Å². The van der Waals surface area contributed by atoms with Crippen molar-refractivity contribution < 1.29 is 17.5 Å². The number of hydrogen-bond donors (Lipinski definition) is 1. The summed E-state index contributed by atoms with van der Waals surface area (Å²) in [6, 6.07) is 4.12. The van der Waals surface area contributed by atoms with Gasteiger partial charge in [0.25, 0.3) is 0 Å². The lowest BCUT2D eigenvalue weighted by atomic mass is 9.90. The van der Waals surface area contributed by atoms with Gasteiger partial charge in [-0.25, -0.2) is 17.5 Å². The summed E-state index contributed by atoms with van der Waals surface area (Å²) >= 11 is 0. The maximum Gasteiger partial charge on any atom is 0.212 e. The summed E-state index contributed by atoms with van der Waals surface area (Å²) in [6.07, 6.45) is 4.78. The summed E-state index contributed by atoms with van der Waals surface area (Å²) in [7, 11) is -3.37. The maximum atomic E-state index is 13.9. The van der Waals surface area contributed by atoms with Crippen LogP contribution in [0, 0.1) is 17.2 Å². The van der Waals surface area contributed by atoms with Crippen LogP contribution >= 0.6 is 0 Å². The van der Waals surface area contributed by atoms with Gasteiger partial charge in [0.05, 0.1) is 12.4 Å². The Morgan fingerprint density at radius 1 is 1.27 bits per heavy atom. The van der Waals surface area contributed by atoms with Crippen molar-refractivity contribution >= 4 is 10.0 Å². The summed E-state index contributed by atoms with van der Waals surface area (Å²) in [5.74, 6) is 0.430. The van der Waals surface area contributed by atoms with Crippen molar-refractivity contribution in [1.82, 2.24) is 4.72 Å². The molecule has 1 aromatic rings.